The molecule has 3 atom stereocenters. The zero-order chi connectivity index (χ0) is 17.0. The number of benzene rings is 1. The third-order valence-electron chi connectivity index (χ3n) is 4.44. The molecule has 23 heavy (non-hydrogen) atoms. The van der Waals surface area contributed by atoms with Crippen LogP contribution in [-0.4, -0.2) is 25.6 Å². The van der Waals surface area contributed by atoms with E-state index in [1.807, 2.05) is 19.1 Å². The molecule has 0 bridgehead atoms. The number of hydrogen-bond acceptors (Lipinski definition) is 3. The van der Waals surface area contributed by atoms with Gasteiger partial charge in [-0.25, -0.2) is 14.0 Å². The molecule has 1 heterocycles. The van der Waals surface area contributed by atoms with E-state index in [2.05, 4.69) is 31.1 Å². The van der Waals surface area contributed by atoms with E-state index >= 15 is 0 Å². The van der Waals surface area contributed by atoms with Crippen molar-refractivity contribution in [2.24, 2.45) is 0 Å². The normalized spacial score (nSPS) is 15.3. The largest absolute Gasteiger partial charge is 0.391 e. The summed E-state index contributed by atoms with van der Waals surface area (Å²) >= 11 is 0. The summed E-state index contributed by atoms with van der Waals surface area (Å²) in [6.07, 6.45) is 3.88. The fraction of sp³-hybridized carbons (Fsp3) is 0.556. The zero-order valence-electron chi connectivity index (χ0n) is 14.4. The molecule has 0 saturated heterocycles. The van der Waals surface area contributed by atoms with Gasteiger partial charge in [-0.1, -0.05) is 39.3 Å². The predicted octanol–water partition coefficient (Wildman–Crippen LogP) is 3.27. The molecular formula is C18H27N3O2. The number of nitrogens with zero attached hydrogens (tertiary/aromatic N) is 3. The van der Waals surface area contributed by atoms with Gasteiger partial charge in [-0.15, -0.1) is 0 Å². The Morgan fingerprint density at radius 2 is 1.83 bits per heavy atom. The second kappa shape index (κ2) is 7.59. The van der Waals surface area contributed by atoms with Crippen molar-refractivity contribution in [3.63, 3.8) is 0 Å². The van der Waals surface area contributed by atoms with E-state index in [-0.39, 0.29) is 11.7 Å². The Hall–Kier alpha value is -1.88. The second-order valence-corrected chi connectivity index (χ2v) is 6.23. The first-order valence-corrected chi connectivity index (χ1v) is 8.44. The van der Waals surface area contributed by atoms with Crippen molar-refractivity contribution in [3.8, 4) is 5.69 Å². The van der Waals surface area contributed by atoms with Crippen molar-refractivity contribution in [1.29, 1.82) is 0 Å². The van der Waals surface area contributed by atoms with Gasteiger partial charge in [-0.05, 0) is 43.4 Å². The Morgan fingerprint density at radius 3 is 2.35 bits per heavy atom. The van der Waals surface area contributed by atoms with E-state index < -0.39 is 6.10 Å². The molecule has 1 aromatic carbocycles. The molecule has 0 aliphatic heterocycles. The number of rotatable bonds is 7. The van der Waals surface area contributed by atoms with Crippen molar-refractivity contribution >= 4 is 0 Å². The van der Waals surface area contributed by atoms with Gasteiger partial charge in [0.2, 0.25) is 0 Å². The van der Waals surface area contributed by atoms with E-state index in [1.165, 1.54) is 21.1 Å². The van der Waals surface area contributed by atoms with Gasteiger partial charge < -0.3 is 5.11 Å². The highest BCUT2D eigenvalue weighted by Crippen LogP contribution is 2.21. The van der Waals surface area contributed by atoms with Crippen LogP contribution in [0.25, 0.3) is 5.69 Å². The number of aliphatic hydroxyl groups is 1. The van der Waals surface area contributed by atoms with Crippen LogP contribution < -0.4 is 5.69 Å². The van der Waals surface area contributed by atoms with Crippen molar-refractivity contribution in [2.75, 3.05) is 0 Å². The van der Waals surface area contributed by atoms with Gasteiger partial charge in [0, 0.05) is 0 Å². The van der Waals surface area contributed by atoms with Crippen LogP contribution >= 0.6 is 0 Å². The molecule has 0 aliphatic rings. The van der Waals surface area contributed by atoms with Crippen LogP contribution in [0, 0.1) is 0 Å². The molecule has 0 amide bonds. The summed E-state index contributed by atoms with van der Waals surface area (Å²) in [5, 5.41) is 14.0. The van der Waals surface area contributed by atoms with E-state index in [1.54, 1.807) is 6.92 Å². The van der Waals surface area contributed by atoms with Gasteiger partial charge >= 0.3 is 5.69 Å². The molecule has 1 unspecified atom stereocenters. The highest BCUT2D eigenvalue weighted by Gasteiger charge is 2.20. The molecule has 0 spiro atoms. The lowest BCUT2D eigenvalue weighted by Gasteiger charge is -2.16. The Morgan fingerprint density at radius 1 is 1.17 bits per heavy atom. The van der Waals surface area contributed by atoms with Crippen LogP contribution in [0.15, 0.2) is 35.4 Å². The molecule has 5 nitrogen and oxygen atoms in total. The minimum Gasteiger partial charge on any atom is -0.391 e. The van der Waals surface area contributed by atoms with Crippen molar-refractivity contribution in [2.45, 2.75) is 65.0 Å². The summed E-state index contributed by atoms with van der Waals surface area (Å²) in [5.74, 6) is 0.521. The Kier molecular flexibility index (Phi) is 5.77. The summed E-state index contributed by atoms with van der Waals surface area (Å²) in [7, 11) is 0. The molecular weight excluding hydrogens is 290 g/mol. The summed E-state index contributed by atoms with van der Waals surface area (Å²) in [4.78, 5) is 12.5. The molecule has 0 fully saturated rings. The lowest BCUT2D eigenvalue weighted by atomic mass is 9.96. The van der Waals surface area contributed by atoms with Crippen LogP contribution in [-0.2, 0) is 0 Å². The second-order valence-electron chi connectivity index (χ2n) is 6.23. The molecule has 0 saturated carbocycles. The first kappa shape index (κ1) is 17.5. The molecule has 5 heteroatoms. The van der Waals surface area contributed by atoms with Crippen molar-refractivity contribution < 1.29 is 5.11 Å². The highest BCUT2D eigenvalue weighted by atomic mass is 16.3. The maximum Gasteiger partial charge on any atom is 0.350 e. The minimum absolute atomic E-state index is 0.216. The van der Waals surface area contributed by atoms with Crippen LogP contribution in [0.1, 0.15) is 64.5 Å². The molecule has 126 valence electrons. The van der Waals surface area contributed by atoms with Gasteiger partial charge in [0.1, 0.15) is 6.33 Å². The fourth-order valence-corrected chi connectivity index (χ4v) is 3.00. The van der Waals surface area contributed by atoms with Crippen LogP contribution in [0.2, 0.25) is 0 Å². The van der Waals surface area contributed by atoms with Gasteiger partial charge in [0.05, 0.1) is 17.8 Å². The third-order valence-corrected chi connectivity index (χ3v) is 4.44. The molecule has 2 rings (SSSR count). The minimum atomic E-state index is -0.613. The topological polar surface area (TPSA) is 60.1 Å². The fourth-order valence-electron chi connectivity index (χ4n) is 3.00. The van der Waals surface area contributed by atoms with E-state index in [0.29, 0.717) is 12.3 Å². The summed E-state index contributed by atoms with van der Waals surface area (Å²) in [6.45, 7) is 8.03. The molecule has 1 N–H and O–H groups in total. The van der Waals surface area contributed by atoms with E-state index in [4.69, 9.17) is 0 Å². The van der Waals surface area contributed by atoms with Crippen LogP contribution in [0.5, 0.6) is 0 Å². The maximum atomic E-state index is 12.5. The predicted molar refractivity (Wildman–Crippen MR) is 92.2 cm³/mol. The maximum absolute atomic E-state index is 12.5. The van der Waals surface area contributed by atoms with Crippen molar-refractivity contribution in [1.82, 2.24) is 14.3 Å². The number of aliphatic hydroxyl groups excluding tert-OH is 1. The molecule has 2 aromatic rings. The summed E-state index contributed by atoms with van der Waals surface area (Å²) in [5.41, 5.74) is 1.87. The first-order chi connectivity index (χ1) is 11.0. The molecule has 0 aliphatic carbocycles. The summed E-state index contributed by atoms with van der Waals surface area (Å²) in [6, 6.07) is 7.76. The van der Waals surface area contributed by atoms with Gasteiger partial charge in [-0.2, -0.15) is 5.10 Å². The SMILES string of the molecule is CCCC(C)c1ccc(-n2cnn([C@@H](CC)[C@H](C)O)c2=O)cc1. The smallest absolute Gasteiger partial charge is 0.350 e. The average molecular weight is 317 g/mol. The Balaban J connectivity index is 2.30. The Bertz CT molecular complexity index is 670. The number of aromatic nitrogens is 3. The lowest BCUT2D eigenvalue weighted by molar-refractivity contribution is 0.118. The zero-order valence-corrected chi connectivity index (χ0v) is 14.4. The summed E-state index contributed by atoms with van der Waals surface area (Å²) < 4.78 is 2.90. The standard InChI is InChI=1S/C18H27N3O2/c1-5-7-13(3)15-8-10-16(11-9-15)20-12-19-21(18(20)23)17(6-2)14(4)22/h8-14,17,22H,5-7H2,1-4H3/t13?,14-,17-/m0/s1. The molecule has 0 radical (unpaired) electrons. The van der Waals surface area contributed by atoms with Crippen molar-refractivity contribution in [3.05, 3.63) is 46.6 Å². The third kappa shape index (κ3) is 3.72. The quantitative estimate of drug-likeness (QED) is 0.852. The van der Waals surface area contributed by atoms with Gasteiger partial charge in [0.15, 0.2) is 0 Å². The van der Waals surface area contributed by atoms with Crippen LogP contribution in [0.4, 0.5) is 0 Å². The highest BCUT2D eigenvalue weighted by molar-refractivity contribution is 5.35. The average Bonchev–Trinajstić information content (AvgIpc) is 2.90. The first-order valence-electron chi connectivity index (χ1n) is 8.44. The monoisotopic (exact) mass is 317 g/mol. The lowest BCUT2D eigenvalue weighted by Crippen LogP contribution is -2.32. The Labute approximate surface area is 137 Å². The van der Waals surface area contributed by atoms with Gasteiger partial charge in [0.25, 0.3) is 0 Å². The van der Waals surface area contributed by atoms with Gasteiger partial charge in [-0.3, -0.25) is 0 Å². The number of hydrogen-bond donors (Lipinski definition) is 1. The molecule has 1 aromatic heterocycles. The van der Waals surface area contributed by atoms with E-state index in [9.17, 15) is 9.90 Å². The van der Waals surface area contributed by atoms with E-state index in [0.717, 1.165) is 18.5 Å². The van der Waals surface area contributed by atoms with Crippen LogP contribution in [0.3, 0.4) is 0 Å².